The normalized spacial score (nSPS) is 11.6. The molecule has 0 aliphatic carbocycles. The Morgan fingerprint density at radius 3 is 2.67 bits per heavy atom. The summed E-state index contributed by atoms with van der Waals surface area (Å²) in [6.07, 6.45) is 0.126. The molecule has 11 heteroatoms. The minimum absolute atomic E-state index is 0.00168. The van der Waals surface area contributed by atoms with Crippen LogP contribution in [0, 0.1) is 12.7 Å². The second kappa shape index (κ2) is 9.28. The largest absolute Gasteiger partial charge is 0.497 e. The molecule has 1 amide bonds. The van der Waals surface area contributed by atoms with Crippen molar-refractivity contribution in [1.29, 1.82) is 0 Å². The van der Waals surface area contributed by atoms with Gasteiger partial charge in [0.25, 0.3) is 0 Å². The van der Waals surface area contributed by atoms with Crippen molar-refractivity contribution in [1.82, 2.24) is 14.8 Å². The molecule has 172 valence electrons. The Labute approximate surface area is 194 Å². The molecule has 4 rings (SSSR count). The van der Waals surface area contributed by atoms with Gasteiger partial charge in [0, 0.05) is 18.6 Å². The first-order chi connectivity index (χ1) is 15.7. The van der Waals surface area contributed by atoms with Gasteiger partial charge >= 0.3 is 0 Å². The van der Waals surface area contributed by atoms with Crippen molar-refractivity contribution in [2.75, 3.05) is 18.2 Å². The molecule has 0 bridgehead atoms. The highest BCUT2D eigenvalue weighted by molar-refractivity contribution is 7.91. The van der Waals surface area contributed by atoms with Gasteiger partial charge in [-0.2, -0.15) is 9.78 Å². The number of halogens is 1. The lowest BCUT2D eigenvalue weighted by molar-refractivity contribution is -0.116. The molecule has 8 nitrogen and oxygen atoms in total. The molecule has 1 N–H and O–H groups in total. The molecule has 2 aromatic heterocycles. The smallest absolute Gasteiger partial charge is 0.225 e. The number of carbonyl (C=O) groups is 1. The van der Waals surface area contributed by atoms with Gasteiger partial charge in [-0.3, -0.25) is 4.79 Å². The fraction of sp³-hybridized carbons (Fsp3) is 0.227. The number of nitrogens with zero attached hydrogens (tertiary/aromatic N) is 3. The number of anilines is 1. The summed E-state index contributed by atoms with van der Waals surface area (Å²) in [5.74, 6) is 0.0788. The van der Waals surface area contributed by atoms with Crippen LogP contribution in [-0.2, 0) is 14.6 Å². The predicted molar refractivity (Wildman–Crippen MR) is 124 cm³/mol. The molecule has 0 saturated carbocycles. The number of nitrogens with one attached hydrogen (secondary N) is 1. The van der Waals surface area contributed by atoms with E-state index in [-0.39, 0.29) is 29.4 Å². The Hall–Kier alpha value is -3.31. The molecule has 0 radical (unpaired) electrons. The van der Waals surface area contributed by atoms with Crippen LogP contribution in [0.25, 0.3) is 15.3 Å². The maximum atomic E-state index is 13.0. The number of aryl methyl sites for hydroxylation is 1. The van der Waals surface area contributed by atoms with Gasteiger partial charge in [0.15, 0.2) is 9.84 Å². The maximum Gasteiger partial charge on any atom is 0.225 e. The van der Waals surface area contributed by atoms with E-state index in [9.17, 15) is 17.6 Å². The van der Waals surface area contributed by atoms with Crippen molar-refractivity contribution < 1.29 is 22.3 Å². The first-order valence-corrected chi connectivity index (χ1v) is 12.5. The monoisotopic (exact) mass is 488 g/mol. The standard InChI is InChI=1S/C22H21FN4O4S2/c1-14-12-20(27(26-14)22-24-18-13-16(31-2)7-10-19(18)32-22)25-21(28)4-3-11-33(29,30)17-8-5-15(23)6-9-17/h5-10,12-13H,3-4,11H2,1-2H3,(H,25,28). The van der Waals surface area contributed by atoms with Crippen LogP contribution in [0.15, 0.2) is 53.4 Å². The van der Waals surface area contributed by atoms with Crippen molar-refractivity contribution >= 4 is 43.1 Å². The van der Waals surface area contributed by atoms with Gasteiger partial charge in [0.1, 0.15) is 17.4 Å². The number of carbonyl (C=O) groups excluding carboxylic acids is 1. The number of methoxy groups -OCH3 is 1. The highest BCUT2D eigenvalue weighted by Crippen LogP contribution is 2.29. The summed E-state index contributed by atoms with van der Waals surface area (Å²) in [6.45, 7) is 1.80. The van der Waals surface area contributed by atoms with Gasteiger partial charge in [-0.25, -0.2) is 17.8 Å². The molecule has 2 aromatic carbocycles. The summed E-state index contributed by atoms with van der Waals surface area (Å²) in [5, 5.41) is 7.80. The van der Waals surface area contributed by atoms with Crippen LogP contribution < -0.4 is 10.1 Å². The van der Waals surface area contributed by atoms with E-state index in [1.807, 2.05) is 18.2 Å². The summed E-state index contributed by atoms with van der Waals surface area (Å²) in [4.78, 5) is 17.1. The van der Waals surface area contributed by atoms with Crippen LogP contribution >= 0.6 is 11.3 Å². The molecule has 33 heavy (non-hydrogen) atoms. The number of fused-ring (bicyclic) bond motifs is 1. The summed E-state index contributed by atoms with van der Waals surface area (Å²) in [6, 6.07) is 11.9. The number of benzene rings is 2. The van der Waals surface area contributed by atoms with Crippen LogP contribution in [0.3, 0.4) is 0 Å². The van der Waals surface area contributed by atoms with Gasteiger partial charge in [-0.05, 0) is 49.7 Å². The van der Waals surface area contributed by atoms with Gasteiger partial charge in [-0.15, -0.1) is 0 Å². The lowest BCUT2D eigenvalue weighted by Gasteiger charge is -2.07. The quantitative estimate of drug-likeness (QED) is 0.374. The third kappa shape index (κ3) is 5.20. The fourth-order valence-electron chi connectivity index (χ4n) is 3.23. The molecule has 0 atom stereocenters. The third-order valence-electron chi connectivity index (χ3n) is 4.85. The van der Waals surface area contributed by atoms with Crippen molar-refractivity contribution in [2.24, 2.45) is 0 Å². The summed E-state index contributed by atoms with van der Waals surface area (Å²) in [5.41, 5.74) is 1.45. The number of hydrogen-bond acceptors (Lipinski definition) is 7. The summed E-state index contributed by atoms with van der Waals surface area (Å²) in [7, 11) is -2.01. The van der Waals surface area contributed by atoms with Gasteiger partial charge < -0.3 is 10.1 Å². The maximum absolute atomic E-state index is 13.0. The lowest BCUT2D eigenvalue weighted by Crippen LogP contribution is -2.16. The van der Waals surface area contributed by atoms with Crippen LogP contribution in [0.2, 0.25) is 0 Å². The SMILES string of the molecule is COc1ccc2sc(-n3nc(C)cc3NC(=O)CCCS(=O)(=O)c3ccc(F)cc3)nc2c1. The molecule has 0 fully saturated rings. The highest BCUT2D eigenvalue weighted by Gasteiger charge is 2.17. The van der Waals surface area contributed by atoms with Crippen molar-refractivity contribution in [2.45, 2.75) is 24.7 Å². The Balaban J connectivity index is 1.43. The number of amides is 1. The number of aromatic nitrogens is 3. The molecule has 4 aromatic rings. The number of sulfone groups is 1. The second-order valence-electron chi connectivity index (χ2n) is 7.34. The number of hydrogen-bond donors (Lipinski definition) is 1. The molecule has 0 unspecified atom stereocenters. The van der Waals surface area contributed by atoms with Crippen molar-refractivity contribution in [3.8, 4) is 10.9 Å². The van der Waals surface area contributed by atoms with Crippen LogP contribution in [0.4, 0.5) is 10.2 Å². The van der Waals surface area contributed by atoms with Crippen LogP contribution in [-0.4, -0.2) is 42.0 Å². The molecule has 2 heterocycles. The van der Waals surface area contributed by atoms with E-state index in [0.29, 0.717) is 22.4 Å². The predicted octanol–water partition coefficient (Wildman–Crippen LogP) is 4.13. The highest BCUT2D eigenvalue weighted by atomic mass is 32.2. The minimum Gasteiger partial charge on any atom is -0.497 e. The zero-order valence-corrected chi connectivity index (χ0v) is 19.5. The van der Waals surface area contributed by atoms with E-state index in [1.54, 1.807) is 24.8 Å². The van der Waals surface area contributed by atoms with E-state index in [1.165, 1.54) is 23.5 Å². The van der Waals surface area contributed by atoms with Gasteiger partial charge in [0.05, 0.1) is 33.7 Å². The lowest BCUT2D eigenvalue weighted by atomic mass is 10.3. The van der Waals surface area contributed by atoms with Crippen LogP contribution in [0.5, 0.6) is 5.75 Å². The summed E-state index contributed by atoms with van der Waals surface area (Å²) >= 11 is 1.42. The zero-order valence-electron chi connectivity index (χ0n) is 17.9. The molecule has 0 aliphatic rings. The van der Waals surface area contributed by atoms with Crippen molar-refractivity contribution in [3.05, 3.63) is 60.0 Å². The van der Waals surface area contributed by atoms with E-state index in [2.05, 4.69) is 15.4 Å². The Kier molecular flexibility index (Phi) is 6.43. The number of ether oxygens (including phenoxy) is 1. The minimum atomic E-state index is -3.60. The second-order valence-corrected chi connectivity index (χ2v) is 10.5. The Morgan fingerprint density at radius 1 is 1.18 bits per heavy atom. The molecular weight excluding hydrogens is 467 g/mol. The molecule has 0 spiro atoms. The Morgan fingerprint density at radius 2 is 1.94 bits per heavy atom. The van der Waals surface area contributed by atoms with Gasteiger partial charge in [-0.1, -0.05) is 11.3 Å². The first kappa shape index (κ1) is 22.9. The van der Waals surface area contributed by atoms with E-state index < -0.39 is 15.7 Å². The molecule has 0 aliphatic heterocycles. The third-order valence-corrected chi connectivity index (χ3v) is 7.68. The topological polar surface area (TPSA) is 103 Å². The summed E-state index contributed by atoms with van der Waals surface area (Å²) < 4.78 is 45.5. The van der Waals surface area contributed by atoms with Crippen LogP contribution in [0.1, 0.15) is 18.5 Å². The fourth-order valence-corrected chi connectivity index (χ4v) is 5.46. The van der Waals surface area contributed by atoms with E-state index in [0.717, 1.165) is 22.3 Å². The zero-order chi connectivity index (χ0) is 23.6. The average Bonchev–Trinajstić information content (AvgIpc) is 3.36. The average molecular weight is 489 g/mol. The number of thiazole rings is 1. The van der Waals surface area contributed by atoms with E-state index in [4.69, 9.17) is 4.74 Å². The Bertz CT molecular complexity index is 1410. The molecular formula is C22H21FN4O4S2. The molecule has 0 saturated heterocycles. The first-order valence-electron chi connectivity index (χ1n) is 10.0. The van der Waals surface area contributed by atoms with Gasteiger partial charge in [0.2, 0.25) is 11.0 Å². The van der Waals surface area contributed by atoms with E-state index >= 15 is 0 Å². The van der Waals surface area contributed by atoms with Crippen molar-refractivity contribution in [3.63, 3.8) is 0 Å². The number of rotatable bonds is 8.